The lowest BCUT2D eigenvalue weighted by atomic mass is 9.92. The lowest BCUT2D eigenvalue weighted by Crippen LogP contribution is -2.43. The lowest BCUT2D eigenvalue weighted by Gasteiger charge is -2.36. The van der Waals surface area contributed by atoms with Gasteiger partial charge in [0.05, 0.1) is 0 Å². The summed E-state index contributed by atoms with van der Waals surface area (Å²) >= 11 is 0. The molecule has 2 aliphatic rings. The Morgan fingerprint density at radius 3 is 2.22 bits per heavy atom. The number of nitrogens with zero attached hydrogens (tertiary/aromatic N) is 2. The first-order valence-corrected chi connectivity index (χ1v) is 13.3. The zero-order valence-corrected chi connectivity index (χ0v) is 21.6. The molecule has 0 aromatic heterocycles. The molecule has 2 saturated heterocycles. The molecule has 3 atom stereocenters. The zero-order valence-electron chi connectivity index (χ0n) is 21.6. The summed E-state index contributed by atoms with van der Waals surface area (Å²) in [4.78, 5) is 4.86. The predicted octanol–water partition coefficient (Wildman–Crippen LogP) is 6.43. The Morgan fingerprint density at radius 1 is 0.919 bits per heavy atom. The van der Waals surface area contributed by atoms with Crippen LogP contribution in [0.15, 0.2) is 85.5 Å². The fourth-order valence-electron chi connectivity index (χ4n) is 5.98. The molecule has 2 fully saturated rings. The van der Waals surface area contributed by atoms with Gasteiger partial charge >= 0.3 is 0 Å². The molecule has 37 heavy (non-hydrogen) atoms. The summed E-state index contributed by atoms with van der Waals surface area (Å²) in [5.74, 6) is -0.0672. The van der Waals surface area contributed by atoms with Crippen molar-refractivity contribution in [1.29, 1.82) is 0 Å². The van der Waals surface area contributed by atoms with E-state index in [1.165, 1.54) is 28.9 Å². The monoisotopic (exact) mass is 502 g/mol. The Kier molecular flexibility index (Phi) is 7.73. The largest absolute Gasteiger partial charge is 0.371 e. The van der Waals surface area contributed by atoms with Crippen LogP contribution in [0, 0.1) is 23.5 Å². The molecule has 0 radical (unpaired) electrons. The molecule has 0 N–H and O–H groups in total. The molecular weight excluding hydrogens is 466 g/mol. The van der Waals surface area contributed by atoms with Gasteiger partial charge in [-0.15, -0.1) is 0 Å². The van der Waals surface area contributed by atoms with Gasteiger partial charge in [-0.05, 0) is 60.1 Å². The first-order chi connectivity index (χ1) is 18.0. The van der Waals surface area contributed by atoms with E-state index in [-0.39, 0.29) is 0 Å². The minimum absolute atomic E-state index is 0.353. The quantitative estimate of drug-likeness (QED) is 0.297. The van der Waals surface area contributed by atoms with Crippen molar-refractivity contribution in [3.05, 3.63) is 114 Å². The van der Waals surface area contributed by atoms with E-state index in [2.05, 4.69) is 71.0 Å². The highest BCUT2D eigenvalue weighted by Crippen LogP contribution is 2.38. The van der Waals surface area contributed by atoms with Crippen molar-refractivity contribution < 1.29 is 13.5 Å². The van der Waals surface area contributed by atoms with E-state index < -0.39 is 17.2 Å². The molecule has 3 aromatic carbocycles. The number of anilines is 1. The van der Waals surface area contributed by atoms with Gasteiger partial charge in [0.15, 0.2) is 0 Å². The first-order valence-electron chi connectivity index (χ1n) is 13.3. The molecule has 0 bridgehead atoms. The van der Waals surface area contributed by atoms with Gasteiger partial charge < -0.3 is 9.64 Å². The predicted molar refractivity (Wildman–Crippen MR) is 146 cm³/mol. The topological polar surface area (TPSA) is 15.7 Å². The van der Waals surface area contributed by atoms with E-state index in [4.69, 9.17) is 4.74 Å². The number of likely N-dealkylation sites (tertiary alicyclic amines) is 1. The van der Waals surface area contributed by atoms with Crippen molar-refractivity contribution in [3.63, 3.8) is 0 Å². The smallest absolute Gasteiger partial charge is 0.132 e. The summed E-state index contributed by atoms with van der Waals surface area (Å²) in [6.45, 7) is 10.9. The summed E-state index contributed by atoms with van der Waals surface area (Å²) in [6.07, 6.45) is 3.44. The minimum Gasteiger partial charge on any atom is -0.371 e. The van der Waals surface area contributed by atoms with Crippen molar-refractivity contribution in [1.82, 2.24) is 4.90 Å². The van der Waals surface area contributed by atoms with Crippen LogP contribution in [0.4, 0.5) is 14.5 Å². The zero-order chi connectivity index (χ0) is 25.8. The molecule has 5 rings (SSSR count). The molecule has 5 heteroatoms. The van der Waals surface area contributed by atoms with Gasteiger partial charge in [-0.25, -0.2) is 8.78 Å². The molecule has 2 heterocycles. The van der Waals surface area contributed by atoms with Gasteiger partial charge in [0.2, 0.25) is 0 Å². The molecule has 0 aliphatic carbocycles. The molecule has 3 aromatic rings. The third kappa shape index (κ3) is 5.63. The molecule has 2 aliphatic heterocycles. The van der Waals surface area contributed by atoms with Crippen LogP contribution in [0.5, 0.6) is 0 Å². The Bertz CT molecular complexity index is 1190. The third-order valence-electron chi connectivity index (χ3n) is 7.85. The van der Waals surface area contributed by atoms with Gasteiger partial charge in [0, 0.05) is 56.6 Å². The average molecular weight is 503 g/mol. The number of rotatable bonds is 10. The maximum absolute atomic E-state index is 14.9. The molecule has 0 saturated carbocycles. The van der Waals surface area contributed by atoms with Gasteiger partial charge in [0.25, 0.3) is 0 Å². The molecular formula is C32H36F2N2O. The minimum atomic E-state index is -0.999. The van der Waals surface area contributed by atoms with Gasteiger partial charge in [-0.3, -0.25) is 4.90 Å². The number of fused-ring (bicyclic) bond motifs is 1. The van der Waals surface area contributed by atoms with E-state index in [1.807, 2.05) is 6.92 Å². The van der Waals surface area contributed by atoms with E-state index in [9.17, 15) is 8.78 Å². The molecule has 0 amide bonds. The van der Waals surface area contributed by atoms with Crippen molar-refractivity contribution in [2.24, 2.45) is 11.8 Å². The highest BCUT2D eigenvalue weighted by Gasteiger charge is 2.43. The van der Waals surface area contributed by atoms with Crippen LogP contribution in [-0.4, -0.2) is 44.2 Å². The number of hydrogen-bond donors (Lipinski definition) is 0. The van der Waals surface area contributed by atoms with Crippen LogP contribution in [0.3, 0.4) is 0 Å². The van der Waals surface area contributed by atoms with E-state index >= 15 is 0 Å². The van der Waals surface area contributed by atoms with E-state index in [1.54, 1.807) is 6.08 Å². The molecule has 3 nitrogen and oxygen atoms in total. The normalized spacial score (nSPS) is 21.1. The summed E-state index contributed by atoms with van der Waals surface area (Å²) in [5.41, 5.74) is 3.27. The van der Waals surface area contributed by atoms with Gasteiger partial charge in [-0.1, -0.05) is 62.0 Å². The second-order valence-electron chi connectivity index (χ2n) is 10.5. The van der Waals surface area contributed by atoms with Crippen molar-refractivity contribution in [2.75, 3.05) is 44.2 Å². The molecule has 0 spiro atoms. The highest BCUT2D eigenvalue weighted by molar-refractivity contribution is 5.49. The Labute approximate surface area is 219 Å². The van der Waals surface area contributed by atoms with Crippen LogP contribution >= 0.6 is 0 Å². The fourth-order valence-corrected chi connectivity index (χ4v) is 5.98. The number of hydrogen-bond acceptors (Lipinski definition) is 3. The summed E-state index contributed by atoms with van der Waals surface area (Å²) in [7, 11) is 0. The van der Waals surface area contributed by atoms with Crippen LogP contribution < -0.4 is 4.90 Å². The number of ether oxygens (including phenoxy) is 1. The molecule has 194 valence electrons. The Morgan fingerprint density at radius 2 is 1.59 bits per heavy atom. The standard InChI is InChI=1S/C32H36F2N2O/c1-3-16-37-32(4-2,30-15-12-28(33)18-31(30)34)23-35-19-26-21-36(22-27(26)20-35)29-13-10-25(11-14-29)17-24-8-6-5-7-9-24/h4-15,18,26-27H,2-3,16-17,19-23H2,1H3. The Hall–Kier alpha value is -3.02. The van der Waals surface area contributed by atoms with Crippen molar-refractivity contribution in [3.8, 4) is 0 Å². The fraction of sp³-hybridized carbons (Fsp3) is 0.375. The highest BCUT2D eigenvalue weighted by atomic mass is 19.1. The summed E-state index contributed by atoms with van der Waals surface area (Å²) in [5, 5.41) is 0. The number of benzene rings is 3. The van der Waals surface area contributed by atoms with Crippen LogP contribution in [0.25, 0.3) is 0 Å². The third-order valence-corrected chi connectivity index (χ3v) is 7.85. The second kappa shape index (κ2) is 11.2. The van der Waals surface area contributed by atoms with E-state index in [0.29, 0.717) is 30.6 Å². The van der Waals surface area contributed by atoms with Crippen LogP contribution in [-0.2, 0) is 16.8 Å². The number of halogens is 2. The average Bonchev–Trinajstić information content (AvgIpc) is 3.47. The Balaban J connectivity index is 1.23. The maximum Gasteiger partial charge on any atom is 0.132 e. The van der Waals surface area contributed by atoms with E-state index in [0.717, 1.165) is 45.1 Å². The van der Waals surface area contributed by atoms with Crippen molar-refractivity contribution in [2.45, 2.75) is 25.4 Å². The van der Waals surface area contributed by atoms with Gasteiger partial charge in [-0.2, -0.15) is 0 Å². The SMILES string of the molecule is C=CC(CN1CC2CN(c3ccc(Cc4ccccc4)cc3)CC2C1)(OCCC)c1ccc(F)cc1F. The second-order valence-corrected chi connectivity index (χ2v) is 10.5. The summed E-state index contributed by atoms with van der Waals surface area (Å²) in [6, 6.07) is 23.3. The maximum atomic E-state index is 14.9. The lowest BCUT2D eigenvalue weighted by molar-refractivity contribution is -0.0353. The van der Waals surface area contributed by atoms with Gasteiger partial charge in [0.1, 0.15) is 17.2 Å². The van der Waals surface area contributed by atoms with Crippen LogP contribution in [0.1, 0.15) is 30.0 Å². The van der Waals surface area contributed by atoms with Crippen molar-refractivity contribution >= 4 is 5.69 Å². The van der Waals surface area contributed by atoms with Crippen LogP contribution in [0.2, 0.25) is 0 Å². The first kappa shape index (κ1) is 25.6. The molecule has 3 unspecified atom stereocenters. The summed E-state index contributed by atoms with van der Waals surface area (Å²) < 4.78 is 34.7.